The summed E-state index contributed by atoms with van der Waals surface area (Å²) in [5.41, 5.74) is 0.467. The van der Waals surface area contributed by atoms with Gasteiger partial charge in [0.1, 0.15) is 11.2 Å². The van der Waals surface area contributed by atoms with E-state index in [-0.39, 0.29) is 12.4 Å². The molecule has 0 N–H and O–H groups in total. The van der Waals surface area contributed by atoms with Gasteiger partial charge in [0.05, 0.1) is 19.3 Å². The average molecular weight is 270 g/mol. The minimum Gasteiger partial charge on any atom is -0.375 e. The van der Waals surface area contributed by atoms with Crippen molar-refractivity contribution < 1.29 is 9.13 Å². The number of ether oxygens (including phenoxy) is 1. The van der Waals surface area contributed by atoms with Crippen LogP contribution in [0.5, 0.6) is 0 Å². The number of hydrogen-bond acceptors (Lipinski definition) is 2. The Morgan fingerprint density at radius 3 is 3.00 bits per heavy atom. The third kappa shape index (κ3) is 1.66. The maximum Gasteiger partial charge on any atom is 0.130 e. The molecule has 1 aromatic carbocycles. The van der Waals surface area contributed by atoms with Gasteiger partial charge in [-0.1, -0.05) is 15.9 Å². The highest BCUT2D eigenvalue weighted by Gasteiger charge is 2.34. The second kappa shape index (κ2) is 3.58. The van der Waals surface area contributed by atoms with Crippen LogP contribution in [0, 0.1) is 17.1 Å². The van der Waals surface area contributed by atoms with E-state index >= 15 is 0 Å². The predicted octanol–water partition coefficient (Wildman–Crippen LogP) is 2.90. The van der Waals surface area contributed by atoms with Gasteiger partial charge in [0.25, 0.3) is 0 Å². The van der Waals surface area contributed by atoms with Crippen LogP contribution in [0.25, 0.3) is 0 Å². The van der Waals surface area contributed by atoms with Crippen LogP contribution in [0.2, 0.25) is 0 Å². The van der Waals surface area contributed by atoms with E-state index in [1.54, 1.807) is 13.0 Å². The molecular weight excluding hydrogens is 261 g/mol. The maximum absolute atomic E-state index is 13.6. The zero-order valence-electron chi connectivity index (χ0n) is 8.18. The van der Waals surface area contributed by atoms with E-state index in [9.17, 15) is 4.39 Å². The van der Waals surface area contributed by atoms with E-state index in [1.165, 1.54) is 6.07 Å². The van der Waals surface area contributed by atoms with E-state index in [1.807, 2.05) is 0 Å². The van der Waals surface area contributed by atoms with Crippen molar-refractivity contribution in [1.82, 2.24) is 0 Å². The predicted molar refractivity (Wildman–Crippen MR) is 56.7 cm³/mol. The van der Waals surface area contributed by atoms with Crippen LogP contribution in [0.1, 0.15) is 18.1 Å². The van der Waals surface area contributed by atoms with Crippen molar-refractivity contribution in [2.45, 2.75) is 18.9 Å². The quantitative estimate of drug-likeness (QED) is 0.726. The van der Waals surface area contributed by atoms with Crippen molar-refractivity contribution in [1.29, 1.82) is 5.26 Å². The highest BCUT2D eigenvalue weighted by Crippen LogP contribution is 2.35. The Kier molecular flexibility index (Phi) is 2.53. The van der Waals surface area contributed by atoms with Crippen LogP contribution in [0.3, 0.4) is 0 Å². The topological polar surface area (TPSA) is 33.0 Å². The molecule has 1 aliphatic heterocycles. The van der Waals surface area contributed by atoms with Crippen molar-refractivity contribution in [3.8, 4) is 6.07 Å². The summed E-state index contributed by atoms with van der Waals surface area (Å²) in [5, 5.41) is 9.11. The highest BCUT2D eigenvalue weighted by atomic mass is 79.9. The minimum atomic E-state index is -0.752. The van der Waals surface area contributed by atoms with Gasteiger partial charge in [0.2, 0.25) is 0 Å². The Labute approximate surface area is 95.8 Å². The van der Waals surface area contributed by atoms with Gasteiger partial charge in [-0.3, -0.25) is 0 Å². The summed E-state index contributed by atoms with van der Waals surface area (Å²) in [7, 11) is 0. The van der Waals surface area contributed by atoms with Crippen LogP contribution < -0.4 is 0 Å². The number of hydrogen-bond donors (Lipinski definition) is 0. The Morgan fingerprint density at radius 1 is 1.60 bits per heavy atom. The minimum absolute atomic E-state index is 0.242. The van der Waals surface area contributed by atoms with E-state index in [0.717, 1.165) is 5.56 Å². The van der Waals surface area contributed by atoms with Gasteiger partial charge in [-0.05, 0) is 24.6 Å². The van der Waals surface area contributed by atoms with Crippen LogP contribution in [-0.2, 0) is 16.8 Å². The van der Waals surface area contributed by atoms with Crippen molar-refractivity contribution >= 4 is 15.9 Å². The molecule has 1 heterocycles. The van der Waals surface area contributed by atoms with Gasteiger partial charge in [0, 0.05) is 10.0 Å². The normalized spacial score (nSPS) is 24.4. The monoisotopic (exact) mass is 269 g/mol. The van der Waals surface area contributed by atoms with E-state index < -0.39 is 5.41 Å². The molecule has 0 saturated heterocycles. The van der Waals surface area contributed by atoms with Gasteiger partial charge in [-0.25, -0.2) is 4.39 Å². The molecule has 2 nitrogen and oxygen atoms in total. The van der Waals surface area contributed by atoms with Gasteiger partial charge in [-0.15, -0.1) is 0 Å². The first-order valence-corrected chi connectivity index (χ1v) is 5.33. The summed E-state index contributed by atoms with van der Waals surface area (Å²) in [4.78, 5) is 0. The highest BCUT2D eigenvalue weighted by molar-refractivity contribution is 9.10. The molecule has 0 saturated carbocycles. The average Bonchev–Trinajstić information content (AvgIpc) is 2.20. The lowest BCUT2D eigenvalue weighted by molar-refractivity contribution is 0.0732. The molecule has 0 spiro atoms. The van der Waals surface area contributed by atoms with Gasteiger partial charge in [-0.2, -0.15) is 5.26 Å². The molecule has 0 amide bonds. The lowest BCUT2D eigenvalue weighted by Gasteiger charge is -2.30. The third-order valence-corrected chi connectivity index (χ3v) is 3.10. The summed E-state index contributed by atoms with van der Waals surface area (Å²) in [5.74, 6) is -0.319. The Bertz CT molecular complexity index is 455. The van der Waals surface area contributed by atoms with Crippen LogP contribution >= 0.6 is 15.9 Å². The van der Waals surface area contributed by atoms with Crippen molar-refractivity contribution in [3.63, 3.8) is 0 Å². The fourth-order valence-electron chi connectivity index (χ4n) is 1.77. The van der Waals surface area contributed by atoms with Crippen molar-refractivity contribution in [2.75, 3.05) is 6.61 Å². The molecule has 0 fully saturated rings. The summed E-state index contributed by atoms with van der Waals surface area (Å²) >= 11 is 3.23. The van der Waals surface area contributed by atoms with Crippen LogP contribution in [-0.4, -0.2) is 6.61 Å². The molecule has 78 valence electrons. The summed E-state index contributed by atoms with van der Waals surface area (Å²) in [6.45, 7) is 2.31. The molecule has 1 unspecified atom stereocenters. The standard InChI is InChI=1S/C11H9BrFNO/c1-11(5-14)6-15-4-8-9(11)2-7(12)3-10(8)13/h2-3H,4,6H2,1H3. The summed E-state index contributed by atoms with van der Waals surface area (Å²) in [6, 6.07) is 5.37. The van der Waals surface area contributed by atoms with Crippen molar-refractivity contribution in [2.24, 2.45) is 0 Å². The zero-order valence-corrected chi connectivity index (χ0v) is 9.77. The van der Waals surface area contributed by atoms with Gasteiger partial charge < -0.3 is 4.74 Å². The number of rotatable bonds is 0. The first-order valence-electron chi connectivity index (χ1n) is 4.54. The molecule has 15 heavy (non-hydrogen) atoms. The number of nitriles is 1. The summed E-state index contributed by atoms with van der Waals surface area (Å²) < 4.78 is 19.5. The number of benzene rings is 1. The Hall–Kier alpha value is -0.920. The van der Waals surface area contributed by atoms with E-state index in [2.05, 4.69) is 22.0 Å². The number of fused-ring (bicyclic) bond motifs is 1. The second-order valence-corrected chi connectivity index (χ2v) is 4.77. The molecule has 4 heteroatoms. The lowest BCUT2D eigenvalue weighted by atomic mass is 9.80. The number of halogens is 2. The fourth-order valence-corrected chi connectivity index (χ4v) is 2.20. The Morgan fingerprint density at radius 2 is 2.33 bits per heavy atom. The van der Waals surface area contributed by atoms with E-state index in [0.29, 0.717) is 16.6 Å². The van der Waals surface area contributed by atoms with Crippen LogP contribution in [0.4, 0.5) is 4.39 Å². The lowest BCUT2D eigenvalue weighted by Crippen LogP contribution is -2.32. The molecule has 0 radical (unpaired) electrons. The second-order valence-electron chi connectivity index (χ2n) is 3.85. The molecule has 0 aliphatic carbocycles. The molecular formula is C11H9BrFNO. The van der Waals surface area contributed by atoms with Gasteiger partial charge >= 0.3 is 0 Å². The molecule has 0 aromatic heterocycles. The molecule has 1 aromatic rings. The fraction of sp³-hybridized carbons (Fsp3) is 0.364. The maximum atomic E-state index is 13.6. The van der Waals surface area contributed by atoms with E-state index in [4.69, 9.17) is 10.00 Å². The summed E-state index contributed by atoms with van der Waals surface area (Å²) in [6.07, 6.45) is 0. The SMILES string of the molecule is CC1(C#N)COCc2c(F)cc(Br)cc21. The van der Waals surface area contributed by atoms with Crippen LogP contribution in [0.15, 0.2) is 16.6 Å². The number of nitrogens with zero attached hydrogens (tertiary/aromatic N) is 1. The third-order valence-electron chi connectivity index (χ3n) is 2.64. The largest absolute Gasteiger partial charge is 0.375 e. The zero-order chi connectivity index (χ0) is 11.1. The molecule has 2 rings (SSSR count). The molecule has 1 aliphatic rings. The molecule has 1 atom stereocenters. The van der Waals surface area contributed by atoms with Gasteiger partial charge in [0.15, 0.2) is 0 Å². The first-order chi connectivity index (χ1) is 7.07. The smallest absolute Gasteiger partial charge is 0.130 e. The molecule has 0 bridgehead atoms. The Balaban J connectivity index is 2.67. The van der Waals surface area contributed by atoms with Crippen molar-refractivity contribution in [3.05, 3.63) is 33.5 Å². The first kappa shape index (κ1) is 10.6.